The average molecular weight is 318 g/mol. The van der Waals surface area contributed by atoms with Gasteiger partial charge >= 0.3 is 11.8 Å². The molecule has 0 saturated carbocycles. The minimum absolute atomic E-state index is 0.313. The molecule has 5 nitrogen and oxygen atoms in total. The van der Waals surface area contributed by atoms with Crippen LogP contribution in [0.2, 0.25) is 5.02 Å². The average Bonchev–Trinajstić information content (AvgIpc) is 2.51. The van der Waals surface area contributed by atoms with Crippen LogP contribution >= 0.6 is 11.6 Å². The fourth-order valence-electron chi connectivity index (χ4n) is 1.80. The van der Waals surface area contributed by atoms with E-state index < -0.39 is 11.8 Å². The quantitative estimate of drug-likeness (QED) is 0.601. The van der Waals surface area contributed by atoms with Crippen LogP contribution < -0.4 is 16.4 Å². The van der Waals surface area contributed by atoms with Gasteiger partial charge in [-0.05, 0) is 42.3 Å². The number of nitrogens with two attached hydrogens (primary N) is 1. The van der Waals surface area contributed by atoms with Crippen LogP contribution in [0.25, 0.3) is 0 Å². The number of nitrogen functional groups attached to an aromatic ring is 1. The van der Waals surface area contributed by atoms with Crippen molar-refractivity contribution in [2.45, 2.75) is 13.3 Å². The molecule has 0 aliphatic rings. The van der Waals surface area contributed by atoms with Gasteiger partial charge in [0.15, 0.2) is 0 Å². The Kier molecular flexibility index (Phi) is 5.01. The first-order valence-electron chi connectivity index (χ1n) is 6.76. The number of nitrogens with one attached hydrogen (secondary N) is 2. The van der Waals surface area contributed by atoms with Crippen molar-refractivity contribution in [3.05, 3.63) is 53.1 Å². The van der Waals surface area contributed by atoms with Gasteiger partial charge in [-0.15, -0.1) is 0 Å². The molecule has 0 atom stereocenters. The highest BCUT2D eigenvalue weighted by Crippen LogP contribution is 2.22. The van der Waals surface area contributed by atoms with Gasteiger partial charge in [0.2, 0.25) is 0 Å². The van der Waals surface area contributed by atoms with E-state index in [1.807, 2.05) is 19.1 Å². The van der Waals surface area contributed by atoms with Gasteiger partial charge in [0.1, 0.15) is 0 Å². The Morgan fingerprint density at radius 2 is 1.55 bits per heavy atom. The van der Waals surface area contributed by atoms with Crippen LogP contribution in [0.4, 0.5) is 17.1 Å². The number of hydrogen-bond acceptors (Lipinski definition) is 3. The van der Waals surface area contributed by atoms with Crippen LogP contribution in [-0.4, -0.2) is 11.8 Å². The second kappa shape index (κ2) is 6.95. The van der Waals surface area contributed by atoms with E-state index in [1.54, 1.807) is 24.3 Å². The summed E-state index contributed by atoms with van der Waals surface area (Å²) in [5.74, 6) is -1.53. The zero-order valence-electron chi connectivity index (χ0n) is 12.0. The molecule has 4 N–H and O–H groups in total. The molecule has 114 valence electrons. The van der Waals surface area contributed by atoms with Crippen LogP contribution in [0.15, 0.2) is 42.5 Å². The lowest BCUT2D eigenvalue weighted by Gasteiger charge is -2.08. The van der Waals surface area contributed by atoms with E-state index in [-0.39, 0.29) is 0 Å². The van der Waals surface area contributed by atoms with Crippen LogP contribution in [0.3, 0.4) is 0 Å². The number of amides is 2. The third-order valence-corrected chi connectivity index (χ3v) is 3.41. The molecule has 0 fully saturated rings. The highest BCUT2D eigenvalue weighted by atomic mass is 35.5. The summed E-state index contributed by atoms with van der Waals surface area (Å²) < 4.78 is 0. The molecule has 6 heteroatoms. The molecule has 0 heterocycles. The van der Waals surface area contributed by atoms with Crippen molar-refractivity contribution in [3.63, 3.8) is 0 Å². The molecule has 0 unspecified atom stereocenters. The molecule has 0 aliphatic carbocycles. The van der Waals surface area contributed by atoms with E-state index in [4.69, 9.17) is 17.3 Å². The van der Waals surface area contributed by atoms with Crippen molar-refractivity contribution >= 4 is 40.5 Å². The SMILES string of the molecule is CCc1ccc(NC(=O)C(=O)Nc2ccc(N)c(Cl)c2)cc1. The molecular formula is C16H16ClN3O2. The van der Waals surface area contributed by atoms with Gasteiger partial charge in [-0.3, -0.25) is 9.59 Å². The zero-order valence-corrected chi connectivity index (χ0v) is 12.8. The number of carbonyl (C=O) groups is 2. The lowest BCUT2D eigenvalue weighted by Crippen LogP contribution is -2.29. The number of carbonyl (C=O) groups excluding carboxylic acids is 2. The van der Waals surface area contributed by atoms with Crippen molar-refractivity contribution in [3.8, 4) is 0 Å². The molecule has 0 radical (unpaired) electrons. The molecule has 2 aromatic rings. The Morgan fingerprint density at radius 1 is 1.00 bits per heavy atom. The summed E-state index contributed by atoms with van der Waals surface area (Å²) in [5.41, 5.74) is 8.10. The summed E-state index contributed by atoms with van der Waals surface area (Å²) in [5, 5.41) is 5.31. The van der Waals surface area contributed by atoms with Crippen molar-refractivity contribution in [2.75, 3.05) is 16.4 Å². The predicted octanol–water partition coefficient (Wildman–Crippen LogP) is 3.06. The first kappa shape index (κ1) is 15.9. The van der Waals surface area contributed by atoms with E-state index in [1.165, 1.54) is 6.07 Å². The Bertz CT molecular complexity index is 699. The van der Waals surface area contributed by atoms with Gasteiger partial charge in [0.25, 0.3) is 0 Å². The monoisotopic (exact) mass is 317 g/mol. The third kappa shape index (κ3) is 3.99. The van der Waals surface area contributed by atoms with Crippen molar-refractivity contribution in [2.24, 2.45) is 0 Å². The molecule has 2 rings (SSSR count). The standard InChI is InChI=1S/C16H16ClN3O2/c1-2-10-3-5-11(6-4-10)19-15(21)16(22)20-12-7-8-14(18)13(17)9-12/h3-9H,2,18H2,1H3,(H,19,21)(H,20,22). The second-order valence-corrected chi connectivity index (χ2v) is 5.10. The number of benzene rings is 2. The highest BCUT2D eigenvalue weighted by Gasteiger charge is 2.14. The van der Waals surface area contributed by atoms with E-state index in [2.05, 4.69) is 10.6 Å². The van der Waals surface area contributed by atoms with E-state index >= 15 is 0 Å². The summed E-state index contributed by atoms with van der Waals surface area (Å²) in [6, 6.07) is 11.9. The summed E-state index contributed by atoms with van der Waals surface area (Å²) in [4.78, 5) is 23.7. The minimum Gasteiger partial charge on any atom is -0.398 e. The van der Waals surface area contributed by atoms with Crippen LogP contribution in [0.1, 0.15) is 12.5 Å². The van der Waals surface area contributed by atoms with Gasteiger partial charge in [0.05, 0.1) is 10.7 Å². The smallest absolute Gasteiger partial charge is 0.314 e. The zero-order chi connectivity index (χ0) is 16.1. The van der Waals surface area contributed by atoms with Gasteiger partial charge < -0.3 is 16.4 Å². The predicted molar refractivity (Wildman–Crippen MR) is 88.9 cm³/mol. The molecule has 0 bridgehead atoms. The number of rotatable bonds is 3. The minimum atomic E-state index is -0.777. The van der Waals surface area contributed by atoms with Crippen molar-refractivity contribution in [1.82, 2.24) is 0 Å². The summed E-state index contributed by atoms with van der Waals surface area (Å²) >= 11 is 5.86. The normalized spacial score (nSPS) is 10.1. The fraction of sp³-hybridized carbons (Fsp3) is 0.125. The van der Waals surface area contributed by atoms with E-state index in [0.717, 1.165) is 12.0 Å². The Hall–Kier alpha value is -2.53. The van der Waals surface area contributed by atoms with E-state index in [0.29, 0.717) is 22.1 Å². The van der Waals surface area contributed by atoms with Crippen LogP contribution in [0.5, 0.6) is 0 Å². The van der Waals surface area contributed by atoms with Gasteiger partial charge in [0, 0.05) is 11.4 Å². The lowest BCUT2D eigenvalue weighted by atomic mass is 10.1. The Labute approximate surface area is 133 Å². The summed E-state index contributed by atoms with van der Waals surface area (Å²) in [6.07, 6.45) is 0.909. The topological polar surface area (TPSA) is 84.2 Å². The maximum absolute atomic E-state index is 11.8. The molecule has 2 aromatic carbocycles. The summed E-state index contributed by atoms with van der Waals surface area (Å²) in [7, 11) is 0. The van der Waals surface area contributed by atoms with Gasteiger partial charge in [-0.25, -0.2) is 0 Å². The Balaban J connectivity index is 1.99. The number of aryl methyl sites for hydroxylation is 1. The van der Waals surface area contributed by atoms with Crippen molar-refractivity contribution in [1.29, 1.82) is 0 Å². The molecule has 0 aliphatic heterocycles. The van der Waals surface area contributed by atoms with Gasteiger partial charge in [-0.1, -0.05) is 30.7 Å². The third-order valence-electron chi connectivity index (χ3n) is 3.08. The van der Waals surface area contributed by atoms with Crippen LogP contribution in [0, 0.1) is 0 Å². The largest absolute Gasteiger partial charge is 0.398 e. The number of halogens is 1. The number of hydrogen-bond donors (Lipinski definition) is 3. The fourth-order valence-corrected chi connectivity index (χ4v) is 1.98. The second-order valence-electron chi connectivity index (χ2n) is 4.70. The van der Waals surface area contributed by atoms with Crippen LogP contribution in [-0.2, 0) is 16.0 Å². The maximum Gasteiger partial charge on any atom is 0.314 e. The summed E-state index contributed by atoms with van der Waals surface area (Å²) in [6.45, 7) is 2.04. The first-order valence-corrected chi connectivity index (χ1v) is 7.13. The van der Waals surface area contributed by atoms with Gasteiger partial charge in [-0.2, -0.15) is 0 Å². The molecule has 22 heavy (non-hydrogen) atoms. The van der Waals surface area contributed by atoms with E-state index in [9.17, 15) is 9.59 Å². The molecule has 0 aromatic heterocycles. The molecular weight excluding hydrogens is 302 g/mol. The lowest BCUT2D eigenvalue weighted by molar-refractivity contribution is -0.132. The Morgan fingerprint density at radius 3 is 2.09 bits per heavy atom. The molecule has 0 spiro atoms. The molecule has 0 saturated heterocycles. The number of anilines is 3. The molecule has 2 amide bonds. The first-order chi connectivity index (χ1) is 10.5. The maximum atomic E-state index is 11.8. The highest BCUT2D eigenvalue weighted by molar-refractivity contribution is 6.43. The van der Waals surface area contributed by atoms with Crippen molar-refractivity contribution < 1.29 is 9.59 Å².